The maximum Gasteiger partial charge on any atom is 0.297 e. The van der Waals surface area contributed by atoms with E-state index < -0.39 is 11.9 Å². The molecular formula is C26H25N3O5S. The van der Waals surface area contributed by atoms with Gasteiger partial charge in [0.2, 0.25) is 10.9 Å². The Kier molecular flexibility index (Phi) is 6.50. The van der Waals surface area contributed by atoms with Crippen LogP contribution in [0.1, 0.15) is 60.8 Å². The van der Waals surface area contributed by atoms with Crippen molar-refractivity contribution in [1.29, 1.82) is 0 Å². The highest BCUT2D eigenvalue weighted by Gasteiger charge is 2.45. The SMILES string of the molecule is CCCCCOc1ccc(C2c3c(oc4ccccc4c3=O)C(=O)N2c2nncs2)cc1OCC. The number of para-hydroxylation sites is 1. The van der Waals surface area contributed by atoms with Crippen molar-refractivity contribution in [3.63, 3.8) is 0 Å². The van der Waals surface area contributed by atoms with Gasteiger partial charge in [-0.05, 0) is 43.2 Å². The van der Waals surface area contributed by atoms with Crippen LogP contribution in [0.15, 0.2) is 57.2 Å². The Morgan fingerprint density at radius 2 is 1.91 bits per heavy atom. The molecule has 0 saturated carbocycles. The molecule has 1 aliphatic heterocycles. The molecule has 1 unspecified atom stereocenters. The van der Waals surface area contributed by atoms with Gasteiger partial charge in [-0.15, -0.1) is 10.2 Å². The summed E-state index contributed by atoms with van der Waals surface area (Å²) in [4.78, 5) is 28.6. The Morgan fingerprint density at radius 1 is 1.06 bits per heavy atom. The summed E-state index contributed by atoms with van der Waals surface area (Å²) < 4.78 is 17.8. The molecule has 3 heterocycles. The van der Waals surface area contributed by atoms with Crippen LogP contribution in [0.5, 0.6) is 11.5 Å². The number of hydrogen-bond donors (Lipinski definition) is 0. The van der Waals surface area contributed by atoms with Gasteiger partial charge in [0.15, 0.2) is 16.9 Å². The smallest absolute Gasteiger partial charge is 0.297 e. The van der Waals surface area contributed by atoms with E-state index in [1.807, 2.05) is 25.1 Å². The highest BCUT2D eigenvalue weighted by molar-refractivity contribution is 7.13. The Bertz CT molecular complexity index is 1420. The van der Waals surface area contributed by atoms with Gasteiger partial charge in [-0.2, -0.15) is 0 Å². The summed E-state index contributed by atoms with van der Waals surface area (Å²) in [5.74, 6) is 0.781. The number of benzene rings is 2. The average Bonchev–Trinajstić information content (AvgIpc) is 3.50. The second kappa shape index (κ2) is 9.87. The van der Waals surface area contributed by atoms with E-state index in [-0.39, 0.29) is 16.8 Å². The number of unbranched alkanes of at least 4 members (excludes halogenated alkanes) is 2. The van der Waals surface area contributed by atoms with Gasteiger partial charge in [0.1, 0.15) is 11.1 Å². The van der Waals surface area contributed by atoms with Crippen LogP contribution >= 0.6 is 11.3 Å². The molecule has 4 aromatic rings. The van der Waals surface area contributed by atoms with Crippen LogP contribution in [0.3, 0.4) is 0 Å². The summed E-state index contributed by atoms with van der Waals surface area (Å²) in [6.45, 7) is 5.08. The van der Waals surface area contributed by atoms with E-state index in [1.165, 1.54) is 16.2 Å². The van der Waals surface area contributed by atoms with Crippen molar-refractivity contribution in [3.05, 3.63) is 75.1 Å². The zero-order chi connectivity index (χ0) is 24.4. The van der Waals surface area contributed by atoms with Crippen molar-refractivity contribution >= 4 is 33.3 Å². The molecule has 0 aliphatic carbocycles. The number of amides is 1. The molecule has 180 valence electrons. The van der Waals surface area contributed by atoms with Crippen LogP contribution in [-0.4, -0.2) is 29.3 Å². The molecule has 0 fully saturated rings. The van der Waals surface area contributed by atoms with Crippen molar-refractivity contribution in [1.82, 2.24) is 10.2 Å². The number of rotatable bonds is 9. The van der Waals surface area contributed by atoms with Crippen molar-refractivity contribution in [2.45, 2.75) is 39.2 Å². The third-order valence-electron chi connectivity index (χ3n) is 5.92. The summed E-state index contributed by atoms with van der Waals surface area (Å²) in [6.07, 6.45) is 3.14. The first-order valence-electron chi connectivity index (χ1n) is 11.7. The largest absolute Gasteiger partial charge is 0.490 e. The number of hydrogen-bond acceptors (Lipinski definition) is 8. The van der Waals surface area contributed by atoms with Gasteiger partial charge in [-0.3, -0.25) is 14.5 Å². The van der Waals surface area contributed by atoms with E-state index in [0.717, 1.165) is 19.3 Å². The summed E-state index contributed by atoms with van der Waals surface area (Å²) in [5, 5.41) is 8.82. The third kappa shape index (κ3) is 4.16. The first-order chi connectivity index (χ1) is 17.1. The van der Waals surface area contributed by atoms with Crippen molar-refractivity contribution < 1.29 is 18.7 Å². The fourth-order valence-corrected chi connectivity index (χ4v) is 4.91. The van der Waals surface area contributed by atoms with E-state index in [0.29, 0.717) is 46.4 Å². The normalized spacial score (nSPS) is 15.0. The van der Waals surface area contributed by atoms with Crippen molar-refractivity contribution in [2.24, 2.45) is 0 Å². The highest BCUT2D eigenvalue weighted by Crippen LogP contribution is 2.43. The topological polar surface area (TPSA) is 94.8 Å². The molecule has 9 heteroatoms. The first kappa shape index (κ1) is 23.0. The minimum atomic E-state index is -0.736. The van der Waals surface area contributed by atoms with Crippen LogP contribution < -0.4 is 19.8 Å². The lowest BCUT2D eigenvalue weighted by atomic mass is 9.98. The summed E-state index contributed by atoms with van der Waals surface area (Å²) >= 11 is 1.22. The molecule has 1 aliphatic rings. The molecule has 1 atom stereocenters. The molecule has 5 rings (SSSR count). The van der Waals surface area contributed by atoms with Gasteiger partial charge in [-0.25, -0.2) is 0 Å². The van der Waals surface area contributed by atoms with Crippen LogP contribution in [-0.2, 0) is 0 Å². The first-order valence-corrected chi connectivity index (χ1v) is 12.6. The van der Waals surface area contributed by atoms with Gasteiger partial charge < -0.3 is 13.9 Å². The minimum absolute atomic E-state index is 0.0201. The number of carbonyl (C=O) groups is 1. The standard InChI is InChI=1S/C26H25N3O5S/c1-3-5-8-13-33-19-12-11-16(14-20(19)32-4-2)22-21-23(30)17-9-6-7-10-18(17)34-24(21)25(31)29(22)26-28-27-15-35-26/h6-7,9-12,14-15,22H,3-5,8,13H2,1-2H3. The number of aromatic nitrogens is 2. The molecule has 0 radical (unpaired) electrons. The van der Waals surface area contributed by atoms with Gasteiger partial charge in [-0.1, -0.05) is 49.3 Å². The monoisotopic (exact) mass is 491 g/mol. The molecule has 2 aromatic heterocycles. The van der Waals surface area contributed by atoms with Crippen LogP contribution in [0, 0.1) is 0 Å². The second-order valence-corrected chi connectivity index (χ2v) is 8.98. The van der Waals surface area contributed by atoms with Gasteiger partial charge in [0, 0.05) is 0 Å². The van der Waals surface area contributed by atoms with Crippen molar-refractivity contribution in [3.8, 4) is 11.5 Å². The van der Waals surface area contributed by atoms with Crippen molar-refractivity contribution in [2.75, 3.05) is 18.1 Å². The Hall–Kier alpha value is -3.72. The Morgan fingerprint density at radius 3 is 2.69 bits per heavy atom. The molecule has 8 nitrogen and oxygen atoms in total. The van der Waals surface area contributed by atoms with Crippen LogP contribution in [0.4, 0.5) is 5.13 Å². The molecule has 1 amide bonds. The number of anilines is 1. The maximum absolute atomic E-state index is 13.6. The quantitative estimate of drug-likeness (QED) is 0.291. The van der Waals surface area contributed by atoms with Gasteiger partial charge >= 0.3 is 0 Å². The van der Waals surface area contributed by atoms with Crippen LogP contribution in [0.25, 0.3) is 11.0 Å². The summed E-state index contributed by atoms with van der Waals surface area (Å²) in [6, 6.07) is 11.7. The average molecular weight is 492 g/mol. The molecule has 0 saturated heterocycles. The zero-order valence-electron chi connectivity index (χ0n) is 19.5. The number of carbonyl (C=O) groups excluding carboxylic acids is 1. The molecule has 2 aromatic carbocycles. The number of ether oxygens (including phenoxy) is 2. The summed E-state index contributed by atoms with van der Waals surface area (Å²) in [5.41, 5.74) is 2.65. The third-order valence-corrected chi connectivity index (χ3v) is 6.61. The van der Waals surface area contributed by atoms with E-state index in [9.17, 15) is 9.59 Å². The molecule has 35 heavy (non-hydrogen) atoms. The Balaban J connectivity index is 1.64. The second-order valence-electron chi connectivity index (χ2n) is 8.16. The zero-order valence-corrected chi connectivity index (χ0v) is 20.3. The lowest BCUT2D eigenvalue weighted by molar-refractivity contribution is 0.0970. The fourth-order valence-electron chi connectivity index (χ4n) is 4.32. The number of fused-ring (bicyclic) bond motifs is 2. The Labute approximate surface area is 206 Å². The highest BCUT2D eigenvalue weighted by atomic mass is 32.1. The predicted octanol–water partition coefficient (Wildman–Crippen LogP) is 5.36. The number of nitrogens with zero attached hydrogens (tertiary/aromatic N) is 3. The fraction of sp³-hybridized carbons (Fsp3) is 0.308. The van der Waals surface area contributed by atoms with Crippen LogP contribution in [0.2, 0.25) is 0 Å². The molecule has 0 N–H and O–H groups in total. The lowest BCUT2D eigenvalue weighted by Gasteiger charge is -2.23. The lowest BCUT2D eigenvalue weighted by Crippen LogP contribution is -2.29. The predicted molar refractivity (Wildman–Crippen MR) is 134 cm³/mol. The van der Waals surface area contributed by atoms with E-state index in [2.05, 4.69) is 17.1 Å². The van der Waals surface area contributed by atoms with Gasteiger partial charge in [0.25, 0.3) is 5.91 Å². The maximum atomic E-state index is 13.6. The summed E-state index contributed by atoms with van der Waals surface area (Å²) in [7, 11) is 0. The molecule has 0 spiro atoms. The minimum Gasteiger partial charge on any atom is -0.490 e. The van der Waals surface area contributed by atoms with E-state index in [1.54, 1.807) is 29.8 Å². The molecular weight excluding hydrogens is 466 g/mol. The van der Waals surface area contributed by atoms with Gasteiger partial charge in [0.05, 0.1) is 30.2 Å². The van der Waals surface area contributed by atoms with E-state index in [4.69, 9.17) is 13.9 Å². The molecule has 0 bridgehead atoms. The van der Waals surface area contributed by atoms with E-state index >= 15 is 0 Å².